The van der Waals surface area contributed by atoms with Crippen molar-refractivity contribution < 1.29 is 14.6 Å². The molecule has 3 aromatic rings. The Morgan fingerprint density at radius 1 is 1.11 bits per heavy atom. The summed E-state index contributed by atoms with van der Waals surface area (Å²) in [7, 11) is 0. The lowest BCUT2D eigenvalue weighted by molar-refractivity contribution is -0.118. The first-order valence-corrected chi connectivity index (χ1v) is 10.0. The largest absolute Gasteiger partial charge is 0.507 e. The molecule has 0 saturated carbocycles. The maximum Gasteiger partial charge on any atom is 0.167 e. The number of phenolic OH excluding ortho intramolecular Hbond substituents is 1. The third kappa shape index (κ3) is 4.96. The lowest BCUT2D eigenvalue weighted by Crippen LogP contribution is -2.06. The van der Waals surface area contributed by atoms with Crippen LogP contribution in [0.2, 0.25) is 14.4 Å². The molecule has 140 valence electrons. The third-order valence-corrected chi connectivity index (χ3v) is 5.64. The summed E-state index contributed by atoms with van der Waals surface area (Å²) >= 11 is 20.2. The summed E-state index contributed by atoms with van der Waals surface area (Å²) in [6.07, 6.45) is 0.482. The topological polar surface area (TPSA) is 46.5 Å². The van der Waals surface area contributed by atoms with Crippen LogP contribution in [0.4, 0.5) is 0 Å². The second kappa shape index (κ2) is 8.53. The highest BCUT2D eigenvalue weighted by molar-refractivity contribution is 7.14. The van der Waals surface area contributed by atoms with E-state index >= 15 is 0 Å². The van der Waals surface area contributed by atoms with E-state index in [4.69, 9.17) is 39.5 Å². The minimum Gasteiger partial charge on any atom is -0.507 e. The summed E-state index contributed by atoms with van der Waals surface area (Å²) in [6.45, 7) is 1.41. The molecule has 0 unspecified atom stereocenters. The van der Waals surface area contributed by atoms with E-state index in [-0.39, 0.29) is 18.1 Å². The SMILES string of the molecule is CC(=O)COc1cc(Cl)c(Cc2ccc(O)c(-c3csc(Cl)c3)c2)c(Cl)c1. The average molecular weight is 442 g/mol. The van der Waals surface area contributed by atoms with E-state index in [9.17, 15) is 9.90 Å². The molecule has 7 heteroatoms. The van der Waals surface area contributed by atoms with Gasteiger partial charge in [0, 0.05) is 27.4 Å². The van der Waals surface area contributed by atoms with Crippen molar-refractivity contribution in [3.8, 4) is 22.6 Å². The Bertz CT molecular complexity index is 975. The molecule has 1 aromatic heterocycles. The number of benzene rings is 2. The molecule has 0 saturated heterocycles. The van der Waals surface area contributed by atoms with E-state index in [1.165, 1.54) is 18.3 Å². The van der Waals surface area contributed by atoms with Crippen LogP contribution in [0.5, 0.6) is 11.5 Å². The molecule has 0 amide bonds. The molecule has 0 aliphatic rings. The number of carbonyl (C=O) groups excluding carboxylic acids is 1. The van der Waals surface area contributed by atoms with E-state index in [0.29, 0.717) is 32.1 Å². The number of aromatic hydroxyl groups is 1. The van der Waals surface area contributed by atoms with E-state index in [1.807, 2.05) is 23.6 Å². The van der Waals surface area contributed by atoms with Gasteiger partial charge >= 0.3 is 0 Å². The van der Waals surface area contributed by atoms with Crippen LogP contribution < -0.4 is 4.74 Å². The molecule has 1 heterocycles. The normalized spacial score (nSPS) is 10.8. The van der Waals surface area contributed by atoms with Crippen LogP contribution in [-0.2, 0) is 11.2 Å². The highest BCUT2D eigenvalue weighted by Crippen LogP contribution is 2.37. The van der Waals surface area contributed by atoms with Crippen molar-refractivity contribution >= 4 is 51.9 Å². The van der Waals surface area contributed by atoms with Crippen molar-refractivity contribution in [3.05, 3.63) is 67.3 Å². The van der Waals surface area contributed by atoms with Gasteiger partial charge in [0.05, 0.1) is 4.34 Å². The molecule has 3 rings (SSSR count). The van der Waals surface area contributed by atoms with Gasteiger partial charge in [0.1, 0.15) is 18.1 Å². The molecule has 0 radical (unpaired) electrons. The van der Waals surface area contributed by atoms with Gasteiger partial charge in [-0.2, -0.15) is 0 Å². The lowest BCUT2D eigenvalue weighted by atomic mass is 9.99. The lowest BCUT2D eigenvalue weighted by Gasteiger charge is -2.12. The predicted molar refractivity (Wildman–Crippen MR) is 112 cm³/mol. The van der Waals surface area contributed by atoms with Crippen LogP contribution in [0.3, 0.4) is 0 Å². The molecule has 0 spiro atoms. The number of ether oxygens (including phenoxy) is 1. The molecule has 27 heavy (non-hydrogen) atoms. The van der Waals surface area contributed by atoms with Crippen LogP contribution in [0.15, 0.2) is 41.8 Å². The average Bonchev–Trinajstić information content (AvgIpc) is 3.04. The number of rotatable bonds is 6. The fraction of sp³-hybridized carbons (Fsp3) is 0.150. The second-order valence-electron chi connectivity index (χ2n) is 6.02. The van der Waals surface area contributed by atoms with Crippen LogP contribution in [0.25, 0.3) is 11.1 Å². The Hall–Kier alpha value is -1.72. The molecule has 0 fully saturated rings. The van der Waals surface area contributed by atoms with Crippen molar-refractivity contribution in [2.24, 2.45) is 0 Å². The van der Waals surface area contributed by atoms with Gasteiger partial charge in [-0.05, 0) is 53.9 Å². The van der Waals surface area contributed by atoms with E-state index in [0.717, 1.165) is 16.7 Å². The number of ketones is 1. The zero-order valence-corrected chi connectivity index (χ0v) is 17.3. The number of phenols is 1. The minimum absolute atomic E-state index is 0.0312. The number of thiophene rings is 1. The summed E-state index contributed by atoms with van der Waals surface area (Å²) in [5, 5.41) is 13.0. The summed E-state index contributed by atoms with van der Waals surface area (Å²) in [5.41, 5.74) is 3.23. The molecule has 0 atom stereocenters. The first kappa shape index (κ1) is 20.0. The molecular formula is C20H15Cl3O3S. The van der Waals surface area contributed by atoms with Crippen LogP contribution in [0, 0.1) is 0 Å². The Kier molecular flexibility index (Phi) is 6.33. The van der Waals surface area contributed by atoms with Gasteiger partial charge in [0.2, 0.25) is 0 Å². The Morgan fingerprint density at radius 2 is 1.81 bits per heavy atom. The van der Waals surface area contributed by atoms with E-state index in [1.54, 1.807) is 18.2 Å². The first-order valence-electron chi connectivity index (χ1n) is 8.00. The number of hydrogen-bond donors (Lipinski definition) is 1. The summed E-state index contributed by atoms with van der Waals surface area (Å²) in [5.74, 6) is 0.540. The fourth-order valence-electron chi connectivity index (χ4n) is 2.60. The number of carbonyl (C=O) groups is 1. The van der Waals surface area contributed by atoms with Gasteiger partial charge in [0.25, 0.3) is 0 Å². The number of halogens is 3. The fourth-order valence-corrected chi connectivity index (χ4v) is 4.08. The second-order valence-corrected chi connectivity index (χ2v) is 8.38. The molecule has 2 aromatic carbocycles. The highest BCUT2D eigenvalue weighted by Gasteiger charge is 2.13. The van der Waals surface area contributed by atoms with Crippen molar-refractivity contribution in [2.45, 2.75) is 13.3 Å². The Morgan fingerprint density at radius 3 is 2.41 bits per heavy atom. The maximum atomic E-state index is 11.1. The quantitative estimate of drug-likeness (QED) is 0.466. The van der Waals surface area contributed by atoms with Gasteiger partial charge in [-0.15, -0.1) is 11.3 Å². The van der Waals surface area contributed by atoms with Gasteiger partial charge in [-0.3, -0.25) is 4.79 Å². The van der Waals surface area contributed by atoms with E-state index in [2.05, 4.69) is 0 Å². The maximum absolute atomic E-state index is 11.1. The van der Waals surface area contributed by atoms with Gasteiger partial charge < -0.3 is 9.84 Å². The molecule has 3 nitrogen and oxygen atoms in total. The predicted octanol–water partition coefficient (Wildman–Crippen LogP) is 6.64. The van der Waals surface area contributed by atoms with Gasteiger partial charge in [0.15, 0.2) is 5.78 Å². The Balaban J connectivity index is 1.88. The van der Waals surface area contributed by atoms with Crippen molar-refractivity contribution in [2.75, 3.05) is 6.61 Å². The third-order valence-electron chi connectivity index (χ3n) is 3.88. The standard InChI is InChI=1S/C20H15Cl3O3S/c1-11(24)9-26-14-7-17(21)16(18(22)8-14)5-12-2-3-19(25)15(4-12)13-6-20(23)27-10-13/h2-4,6-8,10,25H,5,9H2,1H3. The zero-order chi connectivity index (χ0) is 19.6. The van der Waals surface area contributed by atoms with Crippen LogP contribution >= 0.6 is 46.1 Å². The molecule has 0 bridgehead atoms. The monoisotopic (exact) mass is 440 g/mol. The van der Waals surface area contributed by atoms with Gasteiger partial charge in [-0.25, -0.2) is 0 Å². The number of hydrogen-bond acceptors (Lipinski definition) is 4. The molecule has 1 N–H and O–H groups in total. The Labute approximate surface area is 176 Å². The van der Waals surface area contributed by atoms with Crippen molar-refractivity contribution in [1.29, 1.82) is 0 Å². The molecule has 0 aliphatic heterocycles. The van der Waals surface area contributed by atoms with Gasteiger partial charge in [-0.1, -0.05) is 40.9 Å². The summed E-state index contributed by atoms with van der Waals surface area (Å²) < 4.78 is 6.02. The van der Waals surface area contributed by atoms with Crippen molar-refractivity contribution in [1.82, 2.24) is 0 Å². The first-order chi connectivity index (χ1) is 12.8. The highest BCUT2D eigenvalue weighted by atomic mass is 35.5. The van der Waals surface area contributed by atoms with Crippen LogP contribution in [-0.4, -0.2) is 17.5 Å². The van der Waals surface area contributed by atoms with Crippen molar-refractivity contribution in [3.63, 3.8) is 0 Å². The van der Waals surface area contributed by atoms with Crippen LogP contribution in [0.1, 0.15) is 18.1 Å². The minimum atomic E-state index is -0.0866. The number of Topliss-reactive ketones (excluding diaryl/α,β-unsaturated/α-hetero) is 1. The molecular weight excluding hydrogens is 427 g/mol. The molecule has 0 aliphatic carbocycles. The zero-order valence-electron chi connectivity index (χ0n) is 14.3. The smallest absolute Gasteiger partial charge is 0.167 e. The van der Waals surface area contributed by atoms with E-state index < -0.39 is 0 Å². The summed E-state index contributed by atoms with van der Waals surface area (Å²) in [4.78, 5) is 11.1. The summed E-state index contributed by atoms with van der Waals surface area (Å²) in [6, 6.07) is 10.5.